The van der Waals surface area contributed by atoms with Crippen LogP contribution in [0.1, 0.15) is 34.6 Å². The molecule has 3 heterocycles. The Balaban J connectivity index is 1.30. The van der Waals surface area contributed by atoms with E-state index in [1.54, 1.807) is 6.20 Å². The van der Waals surface area contributed by atoms with Crippen molar-refractivity contribution >= 4 is 22.9 Å². The number of amides is 1. The number of nitrogens with zero attached hydrogens (tertiary/aromatic N) is 3. The number of rotatable bonds is 6. The molecular formula is C22H24N4O3. The number of aromatic amines is 1. The van der Waals surface area contributed by atoms with E-state index in [2.05, 4.69) is 15.0 Å². The lowest BCUT2D eigenvalue weighted by Crippen LogP contribution is -2.29. The van der Waals surface area contributed by atoms with E-state index >= 15 is 0 Å². The van der Waals surface area contributed by atoms with Crippen LogP contribution in [0, 0.1) is 5.92 Å². The third kappa shape index (κ3) is 4.45. The second-order valence-electron chi connectivity index (χ2n) is 7.47. The second-order valence-corrected chi connectivity index (χ2v) is 7.47. The van der Waals surface area contributed by atoms with Crippen molar-refractivity contribution in [1.29, 1.82) is 0 Å². The molecule has 0 saturated carbocycles. The van der Waals surface area contributed by atoms with E-state index in [0.717, 1.165) is 48.4 Å². The molecule has 1 saturated heterocycles. The Bertz CT molecular complexity index is 997. The molecule has 29 heavy (non-hydrogen) atoms. The van der Waals surface area contributed by atoms with Crippen LogP contribution in [0.3, 0.4) is 0 Å². The molecule has 7 heteroatoms. The van der Waals surface area contributed by atoms with Gasteiger partial charge in [-0.25, -0.2) is 9.78 Å². The highest BCUT2D eigenvalue weighted by atomic mass is 16.5. The van der Waals surface area contributed by atoms with Crippen molar-refractivity contribution in [2.24, 2.45) is 5.92 Å². The van der Waals surface area contributed by atoms with Crippen LogP contribution in [0.4, 0.5) is 0 Å². The summed E-state index contributed by atoms with van der Waals surface area (Å²) < 4.78 is 4.75. The van der Waals surface area contributed by atoms with Crippen LogP contribution in [0.15, 0.2) is 42.7 Å². The van der Waals surface area contributed by atoms with Crippen molar-refractivity contribution < 1.29 is 14.3 Å². The first kappa shape index (κ1) is 19.1. The Kier molecular flexibility index (Phi) is 5.55. The first-order chi connectivity index (χ1) is 14.1. The Labute approximate surface area is 169 Å². The predicted molar refractivity (Wildman–Crippen MR) is 108 cm³/mol. The molecule has 0 radical (unpaired) electrons. The van der Waals surface area contributed by atoms with Crippen molar-refractivity contribution in [3.05, 3.63) is 59.7 Å². The number of hydrogen-bond acceptors (Lipinski definition) is 5. The quantitative estimate of drug-likeness (QED) is 0.652. The Morgan fingerprint density at radius 2 is 2.14 bits per heavy atom. The van der Waals surface area contributed by atoms with Crippen LogP contribution in [-0.2, 0) is 22.4 Å². The summed E-state index contributed by atoms with van der Waals surface area (Å²) in [7, 11) is 1.36. The zero-order valence-corrected chi connectivity index (χ0v) is 16.4. The largest absolute Gasteiger partial charge is 0.465 e. The van der Waals surface area contributed by atoms with Gasteiger partial charge in [-0.2, -0.15) is 0 Å². The number of esters is 1. The average Bonchev–Trinajstić information content (AvgIpc) is 3.38. The molecular weight excluding hydrogens is 368 g/mol. The molecule has 4 rings (SSSR count). The number of aromatic nitrogens is 3. The van der Waals surface area contributed by atoms with Gasteiger partial charge < -0.3 is 14.6 Å². The number of hydrogen-bond donors (Lipinski definition) is 1. The van der Waals surface area contributed by atoms with Crippen molar-refractivity contribution in [2.45, 2.75) is 25.7 Å². The van der Waals surface area contributed by atoms with Gasteiger partial charge in [0.05, 0.1) is 23.7 Å². The normalized spacial score (nSPS) is 16.3. The molecule has 1 fully saturated rings. The summed E-state index contributed by atoms with van der Waals surface area (Å²) >= 11 is 0. The lowest BCUT2D eigenvalue weighted by atomic mass is 9.99. The number of fused-ring (bicyclic) bond motifs is 1. The number of carbonyl (C=O) groups excluding carboxylic acids is 2. The maximum atomic E-state index is 12.6. The molecule has 1 amide bonds. The molecule has 0 spiro atoms. The predicted octanol–water partition coefficient (Wildman–Crippen LogP) is 2.77. The fraction of sp³-hybridized carbons (Fsp3) is 0.364. The first-order valence-corrected chi connectivity index (χ1v) is 9.86. The molecule has 7 nitrogen and oxygen atoms in total. The number of likely N-dealkylation sites (tertiary alicyclic amines) is 1. The number of pyridine rings is 1. The topological polar surface area (TPSA) is 88.2 Å². The molecule has 3 aromatic rings. The molecule has 1 aromatic carbocycles. The van der Waals surface area contributed by atoms with Gasteiger partial charge in [-0.3, -0.25) is 9.78 Å². The van der Waals surface area contributed by atoms with E-state index in [4.69, 9.17) is 4.74 Å². The Hall–Kier alpha value is -3.22. The molecule has 150 valence electrons. The number of nitrogens with one attached hydrogen (secondary N) is 1. The Morgan fingerprint density at radius 1 is 1.28 bits per heavy atom. The van der Waals surface area contributed by atoms with Crippen molar-refractivity contribution in [1.82, 2.24) is 19.9 Å². The summed E-state index contributed by atoms with van der Waals surface area (Å²) in [6.07, 6.45) is 6.10. The summed E-state index contributed by atoms with van der Waals surface area (Å²) in [5, 5.41) is 0. The zero-order chi connectivity index (χ0) is 20.2. The molecule has 1 aliphatic rings. The molecule has 1 unspecified atom stereocenters. The maximum absolute atomic E-state index is 12.6. The third-order valence-corrected chi connectivity index (χ3v) is 5.39. The molecule has 1 aliphatic heterocycles. The smallest absolute Gasteiger partial charge is 0.339 e. The molecule has 1 N–H and O–H groups in total. The van der Waals surface area contributed by atoms with E-state index in [1.807, 2.05) is 35.2 Å². The summed E-state index contributed by atoms with van der Waals surface area (Å²) in [4.78, 5) is 38.2. The van der Waals surface area contributed by atoms with E-state index in [9.17, 15) is 9.59 Å². The summed E-state index contributed by atoms with van der Waals surface area (Å²) in [6.45, 7) is 1.51. The number of H-pyrrole nitrogens is 1. The minimum absolute atomic E-state index is 0.161. The zero-order valence-electron chi connectivity index (χ0n) is 16.4. The maximum Gasteiger partial charge on any atom is 0.339 e. The molecule has 0 bridgehead atoms. The summed E-state index contributed by atoms with van der Waals surface area (Å²) in [6, 6.07) is 9.70. The van der Waals surface area contributed by atoms with Gasteiger partial charge >= 0.3 is 5.97 Å². The van der Waals surface area contributed by atoms with Gasteiger partial charge in [0.25, 0.3) is 0 Å². The number of para-hydroxylation sites is 2. The van der Waals surface area contributed by atoms with Gasteiger partial charge in [0, 0.05) is 38.3 Å². The van der Waals surface area contributed by atoms with Crippen molar-refractivity contribution in [3.8, 4) is 0 Å². The van der Waals surface area contributed by atoms with E-state index in [0.29, 0.717) is 24.3 Å². The standard InChI is InChI=1S/C22H24N4O3/c1-29-22(28)17-11-16(12-23-13-17)10-15-8-9-26(14-15)21(27)7-6-20-24-18-4-2-3-5-19(18)25-20/h2-5,11-13,15H,6-10,14H2,1H3,(H,24,25). The van der Waals surface area contributed by atoms with Crippen LogP contribution in [0.25, 0.3) is 11.0 Å². The van der Waals surface area contributed by atoms with Crippen LogP contribution in [0.2, 0.25) is 0 Å². The lowest BCUT2D eigenvalue weighted by molar-refractivity contribution is -0.130. The van der Waals surface area contributed by atoms with Gasteiger partial charge in [0.15, 0.2) is 0 Å². The van der Waals surface area contributed by atoms with Gasteiger partial charge in [0.1, 0.15) is 5.82 Å². The minimum Gasteiger partial charge on any atom is -0.465 e. The number of ether oxygens (including phenoxy) is 1. The summed E-state index contributed by atoms with van der Waals surface area (Å²) in [5.74, 6) is 1.00. The lowest BCUT2D eigenvalue weighted by Gasteiger charge is -2.16. The highest BCUT2D eigenvalue weighted by Gasteiger charge is 2.26. The highest BCUT2D eigenvalue weighted by molar-refractivity contribution is 5.89. The molecule has 0 aliphatic carbocycles. The van der Waals surface area contributed by atoms with Gasteiger partial charge in [0.2, 0.25) is 5.91 Å². The number of carbonyl (C=O) groups is 2. The fourth-order valence-electron chi connectivity index (χ4n) is 3.90. The number of imidazole rings is 1. The van der Waals surface area contributed by atoms with Crippen LogP contribution >= 0.6 is 0 Å². The highest BCUT2D eigenvalue weighted by Crippen LogP contribution is 2.22. The van der Waals surface area contributed by atoms with Gasteiger partial charge in [-0.05, 0) is 42.5 Å². The van der Waals surface area contributed by atoms with Gasteiger partial charge in [-0.1, -0.05) is 12.1 Å². The van der Waals surface area contributed by atoms with E-state index in [1.165, 1.54) is 13.3 Å². The van der Waals surface area contributed by atoms with E-state index < -0.39 is 0 Å². The fourth-order valence-corrected chi connectivity index (χ4v) is 3.90. The average molecular weight is 392 g/mol. The second kappa shape index (κ2) is 8.43. The molecule has 1 atom stereocenters. The first-order valence-electron chi connectivity index (χ1n) is 9.86. The van der Waals surface area contributed by atoms with Crippen LogP contribution in [-0.4, -0.2) is 51.9 Å². The summed E-state index contributed by atoms with van der Waals surface area (Å²) in [5.41, 5.74) is 3.38. The minimum atomic E-state index is -0.381. The number of aryl methyl sites for hydroxylation is 1. The third-order valence-electron chi connectivity index (χ3n) is 5.39. The van der Waals surface area contributed by atoms with E-state index in [-0.39, 0.29) is 11.9 Å². The molecule has 2 aromatic heterocycles. The van der Waals surface area contributed by atoms with Crippen LogP contribution in [0.5, 0.6) is 0 Å². The number of methoxy groups -OCH3 is 1. The Morgan fingerprint density at radius 3 is 2.97 bits per heavy atom. The van der Waals surface area contributed by atoms with Gasteiger partial charge in [-0.15, -0.1) is 0 Å². The SMILES string of the molecule is COC(=O)c1cncc(CC2CCN(C(=O)CCc3nc4ccccc4[nH]3)C2)c1. The number of benzene rings is 1. The van der Waals surface area contributed by atoms with Crippen molar-refractivity contribution in [2.75, 3.05) is 20.2 Å². The monoisotopic (exact) mass is 392 g/mol. The van der Waals surface area contributed by atoms with Crippen LogP contribution < -0.4 is 0 Å². The van der Waals surface area contributed by atoms with Crippen molar-refractivity contribution in [3.63, 3.8) is 0 Å².